The van der Waals surface area contributed by atoms with Gasteiger partial charge in [-0.2, -0.15) is 0 Å². The molecule has 84 valence electrons. The molecule has 0 amide bonds. The van der Waals surface area contributed by atoms with Gasteiger partial charge in [0.1, 0.15) is 4.84 Å². The molecule has 2 nitrogen and oxygen atoms in total. The van der Waals surface area contributed by atoms with E-state index in [4.69, 9.17) is 58.0 Å². The monoisotopic (exact) mass is 300 g/mol. The van der Waals surface area contributed by atoms with Crippen LogP contribution in [0.5, 0.6) is 0 Å². The van der Waals surface area contributed by atoms with E-state index in [0.717, 1.165) is 0 Å². The van der Waals surface area contributed by atoms with E-state index in [-0.39, 0.29) is 0 Å². The lowest BCUT2D eigenvalue weighted by atomic mass is 9.90. The Balaban J connectivity index is 4.64. The second-order valence-corrected chi connectivity index (χ2v) is 6.18. The van der Waals surface area contributed by atoms with Crippen molar-refractivity contribution in [1.82, 2.24) is 0 Å². The Bertz CT molecular complexity index is 213. The molecule has 0 rings (SSSR count). The summed E-state index contributed by atoms with van der Waals surface area (Å²) in [5, 5.41) is 0. The lowest BCUT2D eigenvalue weighted by Crippen LogP contribution is -2.37. The predicted molar refractivity (Wildman–Crippen MR) is 60.3 cm³/mol. The highest BCUT2D eigenvalue weighted by Gasteiger charge is 2.42. The molecule has 0 radical (unpaired) electrons. The standard InChI is InChI=1S/C7H9Cl5O2/c1-3-6(2,4(8)9)5(13)14-7(10,11)12/h4H,3H2,1-2H3. The summed E-state index contributed by atoms with van der Waals surface area (Å²) in [5.41, 5.74) is -1.08. The number of hydrogen-bond acceptors (Lipinski definition) is 2. The molecule has 1 unspecified atom stereocenters. The van der Waals surface area contributed by atoms with Gasteiger partial charge in [-0.15, -0.1) is 23.2 Å². The number of esters is 1. The van der Waals surface area contributed by atoms with Crippen molar-refractivity contribution in [3.8, 4) is 0 Å². The van der Waals surface area contributed by atoms with Crippen LogP contribution in [0.3, 0.4) is 0 Å². The Kier molecular flexibility index (Phi) is 5.66. The van der Waals surface area contributed by atoms with Crippen LogP contribution in [0.2, 0.25) is 0 Å². The van der Waals surface area contributed by atoms with Crippen LogP contribution in [0.25, 0.3) is 0 Å². The predicted octanol–water partition coefficient (Wildman–Crippen LogP) is 4.08. The van der Waals surface area contributed by atoms with Crippen LogP contribution >= 0.6 is 58.0 Å². The van der Waals surface area contributed by atoms with Gasteiger partial charge < -0.3 is 4.74 Å². The van der Waals surface area contributed by atoms with E-state index in [1.54, 1.807) is 6.92 Å². The Morgan fingerprint density at radius 2 is 1.79 bits per heavy atom. The number of carbonyl (C=O) groups excluding carboxylic acids is 1. The topological polar surface area (TPSA) is 26.3 Å². The first-order valence-corrected chi connectivity index (χ1v) is 5.72. The van der Waals surface area contributed by atoms with Crippen molar-refractivity contribution in [3.63, 3.8) is 0 Å². The molecule has 0 aromatic carbocycles. The van der Waals surface area contributed by atoms with Crippen LogP contribution in [0, 0.1) is 5.41 Å². The van der Waals surface area contributed by atoms with Crippen molar-refractivity contribution in [3.05, 3.63) is 0 Å². The highest BCUT2D eigenvalue weighted by Crippen LogP contribution is 2.38. The van der Waals surface area contributed by atoms with Crippen molar-refractivity contribution in [1.29, 1.82) is 0 Å². The summed E-state index contributed by atoms with van der Waals surface area (Å²) in [6, 6.07) is 0. The molecule has 0 saturated heterocycles. The summed E-state index contributed by atoms with van der Waals surface area (Å²) in [6.07, 6.45) is 0.379. The van der Waals surface area contributed by atoms with Crippen LogP contribution in [-0.2, 0) is 9.53 Å². The van der Waals surface area contributed by atoms with Crippen molar-refractivity contribution in [2.24, 2.45) is 5.41 Å². The van der Waals surface area contributed by atoms with Gasteiger partial charge in [0.25, 0.3) is 0 Å². The summed E-state index contributed by atoms with van der Waals surface area (Å²) in [5.74, 6) is -0.741. The molecule has 0 bridgehead atoms. The fourth-order valence-electron chi connectivity index (χ4n) is 0.609. The maximum Gasteiger partial charge on any atom is 0.340 e. The Hall–Kier alpha value is 0.920. The van der Waals surface area contributed by atoms with Gasteiger partial charge in [0, 0.05) is 0 Å². The number of halogens is 5. The largest absolute Gasteiger partial charge is 0.414 e. The average Bonchev–Trinajstić information content (AvgIpc) is 1.99. The highest BCUT2D eigenvalue weighted by molar-refractivity contribution is 6.66. The zero-order valence-corrected chi connectivity index (χ0v) is 11.3. The molecule has 0 aliphatic carbocycles. The zero-order valence-electron chi connectivity index (χ0n) is 7.49. The van der Waals surface area contributed by atoms with Gasteiger partial charge in [0.05, 0.1) is 5.41 Å². The number of carbonyl (C=O) groups is 1. The third kappa shape index (κ3) is 4.19. The summed E-state index contributed by atoms with van der Waals surface area (Å²) >= 11 is 27.2. The molecule has 0 N–H and O–H groups in total. The van der Waals surface area contributed by atoms with Crippen molar-refractivity contribution in [2.45, 2.75) is 29.1 Å². The molecule has 0 aliphatic heterocycles. The van der Waals surface area contributed by atoms with Crippen LogP contribution in [0.1, 0.15) is 20.3 Å². The summed E-state index contributed by atoms with van der Waals surface area (Å²) < 4.78 is 2.46. The lowest BCUT2D eigenvalue weighted by Gasteiger charge is -2.28. The van der Waals surface area contributed by atoms with Gasteiger partial charge in [-0.1, -0.05) is 6.92 Å². The Morgan fingerprint density at radius 3 is 2.00 bits per heavy atom. The van der Waals surface area contributed by atoms with E-state index in [0.29, 0.717) is 6.42 Å². The van der Waals surface area contributed by atoms with Gasteiger partial charge in [-0.05, 0) is 48.1 Å². The van der Waals surface area contributed by atoms with Crippen molar-refractivity contribution < 1.29 is 9.53 Å². The summed E-state index contributed by atoms with van der Waals surface area (Å²) in [7, 11) is 0. The minimum absolute atomic E-state index is 0.379. The molecule has 7 heteroatoms. The molecule has 0 fully saturated rings. The molecule has 0 heterocycles. The quantitative estimate of drug-likeness (QED) is 0.580. The Morgan fingerprint density at radius 1 is 1.36 bits per heavy atom. The number of ether oxygens (including phenoxy) is 1. The molecule has 0 aromatic rings. The van der Waals surface area contributed by atoms with Gasteiger partial charge in [-0.25, -0.2) is 0 Å². The van der Waals surface area contributed by atoms with E-state index in [9.17, 15) is 4.79 Å². The normalized spacial score (nSPS) is 16.6. The van der Waals surface area contributed by atoms with Crippen LogP contribution < -0.4 is 0 Å². The van der Waals surface area contributed by atoms with E-state index in [1.807, 2.05) is 0 Å². The van der Waals surface area contributed by atoms with Crippen molar-refractivity contribution >= 4 is 64.0 Å². The first-order chi connectivity index (χ1) is 6.13. The molecular weight excluding hydrogens is 293 g/mol. The van der Waals surface area contributed by atoms with Gasteiger partial charge in [-0.3, -0.25) is 4.79 Å². The SMILES string of the molecule is CCC(C)(C(=O)OC(Cl)(Cl)Cl)C(Cl)Cl. The van der Waals surface area contributed by atoms with E-state index < -0.39 is 20.2 Å². The van der Waals surface area contributed by atoms with Gasteiger partial charge in [0.2, 0.25) is 0 Å². The second kappa shape index (κ2) is 5.31. The van der Waals surface area contributed by atoms with E-state index >= 15 is 0 Å². The fraction of sp³-hybridized carbons (Fsp3) is 0.857. The molecular formula is C7H9Cl5O2. The summed E-state index contributed by atoms with van der Waals surface area (Å²) in [4.78, 5) is 10.6. The van der Waals surface area contributed by atoms with E-state index in [2.05, 4.69) is 4.74 Å². The molecule has 1 atom stereocenters. The third-order valence-corrected chi connectivity index (χ3v) is 3.09. The molecule has 0 saturated carbocycles. The third-order valence-electron chi connectivity index (χ3n) is 1.89. The first-order valence-electron chi connectivity index (χ1n) is 3.72. The zero-order chi connectivity index (χ0) is 11.6. The number of rotatable bonds is 3. The molecule has 0 spiro atoms. The second-order valence-electron chi connectivity index (χ2n) is 2.91. The van der Waals surface area contributed by atoms with Crippen molar-refractivity contribution in [2.75, 3.05) is 0 Å². The van der Waals surface area contributed by atoms with Gasteiger partial charge >= 0.3 is 9.95 Å². The fourth-order valence-corrected chi connectivity index (χ4v) is 1.31. The number of hydrogen-bond donors (Lipinski definition) is 0. The first kappa shape index (κ1) is 14.9. The molecule has 0 aromatic heterocycles. The minimum Gasteiger partial charge on any atom is -0.414 e. The van der Waals surface area contributed by atoms with Crippen LogP contribution in [0.4, 0.5) is 0 Å². The minimum atomic E-state index is -2.09. The summed E-state index contributed by atoms with van der Waals surface area (Å²) in [6.45, 7) is 3.27. The van der Waals surface area contributed by atoms with Crippen LogP contribution in [0.15, 0.2) is 0 Å². The van der Waals surface area contributed by atoms with Gasteiger partial charge in [0.15, 0.2) is 0 Å². The molecule has 0 aliphatic rings. The van der Waals surface area contributed by atoms with E-state index in [1.165, 1.54) is 6.92 Å². The smallest absolute Gasteiger partial charge is 0.340 e. The lowest BCUT2D eigenvalue weighted by molar-refractivity contribution is -0.155. The Labute approximate surface area is 108 Å². The highest BCUT2D eigenvalue weighted by atomic mass is 35.6. The maximum atomic E-state index is 11.5. The van der Waals surface area contributed by atoms with Crippen LogP contribution in [-0.4, -0.2) is 14.8 Å². The maximum absolute atomic E-state index is 11.5. The average molecular weight is 302 g/mol. The molecule has 14 heavy (non-hydrogen) atoms. The number of alkyl halides is 5.